The van der Waals surface area contributed by atoms with Gasteiger partial charge in [-0.3, -0.25) is 0 Å². The molecule has 0 aliphatic carbocycles. The summed E-state index contributed by atoms with van der Waals surface area (Å²) in [7, 11) is 0. The monoisotopic (exact) mass is 263 g/mol. The van der Waals surface area contributed by atoms with Gasteiger partial charge in [-0.25, -0.2) is 0 Å². The van der Waals surface area contributed by atoms with Crippen LogP contribution in [0.5, 0.6) is 5.75 Å². The van der Waals surface area contributed by atoms with Gasteiger partial charge in [0.1, 0.15) is 5.75 Å². The summed E-state index contributed by atoms with van der Waals surface area (Å²) in [5.74, 6) is 0.942. The SMILES string of the molecule is CCCNC(Cc1ccc(O)cc1)C1CCCOC1. The first-order valence-corrected chi connectivity index (χ1v) is 7.38. The first kappa shape index (κ1) is 14.4. The van der Waals surface area contributed by atoms with Crippen LogP contribution in [-0.4, -0.2) is 30.9 Å². The van der Waals surface area contributed by atoms with E-state index in [1.807, 2.05) is 12.1 Å². The maximum atomic E-state index is 9.35. The molecule has 0 amide bonds. The van der Waals surface area contributed by atoms with Gasteiger partial charge in [0.2, 0.25) is 0 Å². The third kappa shape index (κ3) is 4.51. The Morgan fingerprint density at radius 2 is 2.16 bits per heavy atom. The average molecular weight is 263 g/mol. The molecule has 2 unspecified atom stereocenters. The summed E-state index contributed by atoms with van der Waals surface area (Å²) in [6, 6.07) is 8.04. The fourth-order valence-corrected chi connectivity index (χ4v) is 2.70. The topological polar surface area (TPSA) is 41.5 Å². The Hall–Kier alpha value is -1.06. The molecular formula is C16H25NO2. The minimum Gasteiger partial charge on any atom is -0.508 e. The predicted octanol–water partition coefficient (Wildman–Crippen LogP) is 2.73. The minimum atomic E-state index is 0.336. The highest BCUT2D eigenvalue weighted by Gasteiger charge is 2.23. The van der Waals surface area contributed by atoms with Crippen LogP contribution in [0.25, 0.3) is 0 Å². The van der Waals surface area contributed by atoms with Crippen molar-refractivity contribution in [3.63, 3.8) is 0 Å². The molecule has 0 bridgehead atoms. The molecule has 106 valence electrons. The quantitative estimate of drug-likeness (QED) is 0.829. The standard InChI is InChI=1S/C16H25NO2/c1-2-9-17-16(14-4-3-10-19-12-14)11-13-5-7-15(18)8-6-13/h5-8,14,16-18H,2-4,9-12H2,1H3. The average Bonchev–Trinajstić information content (AvgIpc) is 2.46. The molecule has 1 aromatic carbocycles. The summed E-state index contributed by atoms with van der Waals surface area (Å²) in [6.07, 6.45) is 4.58. The van der Waals surface area contributed by atoms with Gasteiger partial charge in [0.15, 0.2) is 0 Å². The van der Waals surface area contributed by atoms with Crippen LogP contribution >= 0.6 is 0 Å². The van der Waals surface area contributed by atoms with Crippen LogP contribution in [0.15, 0.2) is 24.3 Å². The second-order valence-corrected chi connectivity index (χ2v) is 5.41. The third-order valence-corrected chi connectivity index (χ3v) is 3.81. The highest BCUT2D eigenvalue weighted by atomic mass is 16.5. The number of ether oxygens (including phenoxy) is 1. The number of phenolic OH excluding ortho intramolecular Hbond substituents is 1. The summed E-state index contributed by atoms with van der Waals surface area (Å²) >= 11 is 0. The molecule has 1 heterocycles. The normalized spacial score (nSPS) is 21.2. The number of hydrogen-bond donors (Lipinski definition) is 2. The summed E-state index contributed by atoms with van der Waals surface area (Å²) in [6.45, 7) is 5.04. The third-order valence-electron chi connectivity index (χ3n) is 3.81. The maximum absolute atomic E-state index is 9.35. The zero-order valence-electron chi connectivity index (χ0n) is 11.8. The number of benzene rings is 1. The second-order valence-electron chi connectivity index (χ2n) is 5.41. The highest BCUT2D eigenvalue weighted by molar-refractivity contribution is 5.26. The van der Waals surface area contributed by atoms with Gasteiger partial charge in [-0.15, -0.1) is 0 Å². The van der Waals surface area contributed by atoms with Gasteiger partial charge in [0.05, 0.1) is 6.61 Å². The molecule has 19 heavy (non-hydrogen) atoms. The number of rotatable bonds is 6. The van der Waals surface area contributed by atoms with Gasteiger partial charge in [0, 0.05) is 12.6 Å². The fourth-order valence-electron chi connectivity index (χ4n) is 2.70. The van der Waals surface area contributed by atoms with Crippen LogP contribution in [-0.2, 0) is 11.2 Å². The van der Waals surface area contributed by atoms with Gasteiger partial charge in [0.25, 0.3) is 0 Å². The Morgan fingerprint density at radius 3 is 2.79 bits per heavy atom. The molecule has 2 rings (SSSR count). The van der Waals surface area contributed by atoms with E-state index in [4.69, 9.17) is 4.74 Å². The number of aromatic hydroxyl groups is 1. The van der Waals surface area contributed by atoms with E-state index in [-0.39, 0.29) is 0 Å². The van der Waals surface area contributed by atoms with Gasteiger partial charge < -0.3 is 15.2 Å². The first-order chi connectivity index (χ1) is 9.29. The first-order valence-electron chi connectivity index (χ1n) is 7.38. The van der Waals surface area contributed by atoms with Crippen molar-refractivity contribution in [1.29, 1.82) is 0 Å². The highest BCUT2D eigenvalue weighted by Crippen LogP contribution is 2.21. The summed E-state index contributed by atoms with van der Waals surface area (Å²) in [4.78, 5) is 0. The Bertz CT molecular complexity index is 358. The van der Waals surface area contributed by atoms with Crippen LogP contribution in [0.1, 0.15) is 31.7 Å². The second kappa shape index (κ2) is 7.51. The van der Waals surface area contributed by atoms with E-state index < -0.39 is 0 Å². The molecule has 1 aromatic rings. The molecule has 3 heteroatoms. The fraction of sp³-hybridized carbons (Fsp3) is 0.625. The van der Waals surface area contributed by atoms with E-state index in [1.54, 1.807) is 12.1 Å². The van der Waals surface area contributed by atoms with Crippen LogP contribution in [0, 0.1) is 5.92 Å². The van der Waals surface area contributed by atoms with Crippen LogP contribution < -0.4 is 5.32 Å². The number of phenols is 1. The van der Waals surface area contributed by atoms with Crippen molar-refractivity contribution in [2.24, 2.45) is 5.92 Å². The lowest BCUT2D eigenvalue weighted by atomic mass is 9.89. The molecule has 0 radical (unpaired) electrons. The van der Waals surface area contributed by atoms with Crippen LogP contribution in [0.4, 0.5) is 0 Å². The molecule has 2 N–H and O–H groups in total. The van der Waals surface area contributed by atoms with Gasteiger partial charge in [-0.05, 0) is 55.8 Å². The molecule has 0 aromatic heterocycles. The maximum Gasteiger partial charge on any atom is 0.115 e. The van der Waals surface area contributed by atoms with Crippen molar-refractivity contribution in [1.82, 2.24) is 5.32 Å². The molecule has 0 spiro atoms. The van der Waals surface area contributed by atoms with E-state index in [9.17, 15) is 5.11 Å². The summed E-state index contributed by atoms with van der Waals surface area (Å²) in [5, 5.41) is 13.0. The lowest BCUT2D eigenvalue weighted by Crippen LogP contribution is -2.42. The van der Waals surface area contributed by atoms with Crippen molar-refractivity contribution in [2.75, 3.05) is 19.8 Å². The summed E-state index contributed by atoms with van der Waals surface area (Å²) in [5.41, 5.74) is 1.27. The Balaban J connectivity index is 1.97. The Morgan fingerprint density at radius 1 is 1.37 bits per heavy atom. The predicted molar refractivity (Wildman–Crippen MR) is 77.4 cm³/mol. The van der Waals surface area contributed by atoms with Crippen molar-refractivity contribution >= 4 is 0 Å². The Kier molecular flexibility index (Phi) is 5.67. The van der Waals surface area contributed by atoms with E-state index >= 15 is 0 Å². The largest absolute Gasteiger partial charge is 0.508 e. The molecule has 0 saturated carbocycles. The molecule has 2 atom stereocenters. The molecule has 1 aliphatic rings. The van der Waals surface area contributed by atoms with Gasteiger partial charge in [-0.2, -0.15) is 0 Å². The zero-order chi connectivity index (χ0) is 13.5. The molecule has 3 nitrogen and oxygen atoms in total. The van der Waals surface area contributed by atoms with Gasteiger partial charge in [-0.1, -0.05) is 19.1 Å². The van der Waals surface area contributed by atoms with Crippen molar-refractivity contribution < 1.29 is 9.84 Å². The van der Waals surface area contributed by atoms with E-state index in [1.165, 1.54) is 18.4 Å². The van der Waals surface area contributed by atoms with Crippen LogP contribution in [0.2, 0.25) is 0 Å². The molecule has 1 saturated heterocycles. The van der Waals surface area contributed by atoms with Crippen molar-refractivity contribution in [3.05, 3.63) is 29.8 Å². The number of nitrogens with one attached hydrogen (secondary N) is 1. The Labute approximate surface area is 116 Å². The molecule has 1 aliphatic heterocycles. The number of hydrogen-bond acceptors (Lipinski definition) is 3. The van der Waals surface area contributed by atoms with Gasteiger partial charge >= 0.3 is 0 Å². The lowest BCUT2D eigenvalue weighted by molar-refractivity contribution is 0.0393. The van der Waals surface area contributed by atoms with Crippen molar-refractivity contribution in [2.45, 2.75) is 38.6 Å². The minimum absolute atomic E-state index is 0.336. The summed E-state index contributed by atoms with van der Waals surface area (Å²) < 4.78 is 5.62. The van der Waals surface area contributed by atoms with E-state index in [2.05, 4.69) is 12.2 Å². The molecule has 1 fully saturated rings. The van der Waals surface area contributed by atoms with Crippen LogP contribution in [0.3, 0.4) is 0 Å². The van der Waals surface area contributed by atoms with E-state index in [0.29, 0.717) is 17.7 Å². The smallest absolute Gasteiger partial charge is 0.115 e. The molecular weight excluding hydrogens is 238 g/mol. The lowest BCUT2D eigenvalue weighted by Gasteiger charge is -2.31. The van der Waals surface area contributed by atoms with E-state index in [0.717, 1.165) is 32.6 Å². The van der Waals surface area contributed by atoms with Crippen molar-refractivity contribution in [3.8, 4) is 5.75 Å². The zero-order valence-corrected chi connectivity index (χ0v) is 11.8.